The van der Waals surface area contributed by atoms with E-state index in [1.165, 1.54) is 0 Å². The van der Waals surface area contributed by atoms with E-state index in [1.807, 2.05) is 6.92 Å². The Balaban J connectivity index is 3.59. The molecule has 3 nitrogen and oxygen atoms in total. The second kappa shape index (κ2) is 7.59. The van der Waals surface area contributed by atoms with E-state index >= 15 is 0 Å². The number of nitrogens with one attached hydrogen (secondary N) is 1. The van der Waals surface area contributed by atoms with Crippen LogP contribution in [0.2, 0.25) is 0 Å². The fourth-order valence-corrected chi connectivity index (χ4v) is 1.08. The molecule has 82 valence electrons. The summed E-state index contributed by atoms with van der Waals surface area (Å²) < 4.78 is 0. The average Bonchev–Trinajstić information content (AvgIpc) is 2.14. The van der Waals surface area contributed by atoms with Gasteiger partial charge < -0.3 is 16.8 Å². The first-order chi connectivity index (χ1) is 6.57. The van der Waals surface area contributed by atoms with Crippen LogP contribution in [0.3, 0.4) is 0 Å². The maximum absolute atomic E-state index is 5.91. The van der Waals surface area contributed by atoms with Crippen molar-refractivity contribution in [2.75, 3.05) is 13.1 Å². The molecule has 0 heterocycles. The highest BCUT2D eigenvalue weighted by Crippen LogP contribution is 2.03. The lowest BCUT2D eigenvalue weighted by Crippen LogP contribution is -2.31. The summed E-state index contributed by atoms with van der Waals surface area (Å²) >= 11 is 0. The van der Waals surface area contributed by atoms with Gasteiger partial charge in [-0.1, -0.05) is 25.2 Å². The molecule has 0 aliphatic rings. The van der Waals surface area contributed by atoms with E-state index in [2.05, 4.69) is 18.5 Å². The molecule has 0 aromatic rings. The highest BCUT2D eigenvalue weighted by atomic mass is 14.9. The quantitative estimate of drug-likeness (QED) is 0.403. The largest absolute Gasteiger partial charge is 0.384 e. The third-order valence-corrected chi connectivity index (χ3v) is 2.03. The van der Waals surface area contributed by atoms with Gasteiger partial charge in [0.1, 0.15) is 0 Å². The van der Waals surface area contributed by atoms with Gasteiger partial charge in [0.05, 0.1) is 0 Å². The molecule has 14 heavy (non-hydrogen) atoms. The Labute approximate surface area is 87.2 Å². The number of hydrogen-bond acceptors (Lipinski definition) is 3. The molecule has 0 spiro atoms. The summed E-state index contributed by atoms with van der Waals surface area (Å²) in [6.07, 6.45) is 3.03. The van der Waals surface area contributed by atoms with Crippen molar-refractivity contribution in [3.63, 3.8) is 0 Å². The summed E-state index contributed by atoms with van der Waals surface area (Å²) in [5, 5.41) is 3.16. The van der Waals surface area contributed by atoms with Crippen molar-refractivity contribution in [3.8, 4) is 0 Å². The maximum atomic E-state index is 5.91. The molecule has 0 aromatic heterocycles. The molecule has 0 radical (unpaired) electrons. The van der Waals surface area contributed by atoms with Crippen molar-refractivity contribution < 1.29 is 0 Å². The molecule has 0 fully saturated rings. The van der Waals surface area contributed by atoms with Crippen LogP contribution in [0.5, 0.6) is 0 Å². The van der Waals surface area contributed by atoms with E-state index in [9.17, 15) is 0 Å². The van der Waals surface area contributed by atoms with Crippen LogP contribution in [-0.2, 0) is 0 Å². The molecule has 0 amide bonds. The SMILES string of the molecule is C=C(C)CNC(=C)C(N)CCCCN. The monoisotopic (exact) mass is 197 g/mol. The summed E-state index contributed by atoms with van der Waals surface area (Å²) in [6, 6.07) is 0.0286. The number of nitrogens with two attached hydrogens (primary N) is 2. The first kappa shape index (κ1) is 13.2. The molecule has 1 unspecified atom stereocenters. The summed E-state index contributed by atoms with van der Waals surface area (Å²) in [5.74, 6) is 0. The lowest BCUT2D eigenvalue weighted by Gasteiger charge is -2.16. The van der Waals surface area contributed by atoms with Crippen molar-refractivity contribution in [2.24, 2.45) is 11.5 Å². The Bertz CT molecular complexity index is 187. The Kier molecular flexibility index (Phi) is 7.16. The lowest BCUT2D eigenvalue weighted by molar-refractivity contribution is 0.591. The minimum Gasteiger partial charge on any atom is -0.384 e. The molecular formula is C11H23N3. The summed E-state index contributed by atoms with van der Waals surface area (Å²) in [7, 11) is 0. The van der Waals surface area contributed by atoms with Crippen molar-refractivity contribution in [3.05, 3.63) is 24.4 Å². The van der Waals surface area contributed by atoms with E-state index < -0.39 is 0 Å². The summed E-state index contributed by atoms with van der Waals surface area (Å²) in [6.45, 7) is 11.2. The van der Waals surface area contributed by atoms with E-state index in [0.717, 1.165) is 43.6 Å². The zero-order chi connectivity index (χ0) is 11.0. The van der Waals surface area contributed by atoms with Crippen LogP contribution in [0.25, 0.3) is 0 Å². The van der Waals surface area contributed by atoms with Gasteiger partial charge in [0.25, 0.3) is 0 Å². The number of unbranched alkanes of at least 4 members (excludes halogenated alkanes) is 1. The van der Waals surface area contributed by atoms with E-state index in [4.69, 9.17) is 11.5 Å². The highest BCUT2D eigenvalue weighted by Gasteiger charge is 2.05. The predicted molar refractivity (Wildman–Crippen MR) is 62.8 cm³/mol. The van der Waals surface area contributed by atoms with Crippen LogP contribution >= 0.6 is 0 Å². The topological polar surface area (TPSA) is 64.1 Å². The van der Waals surface area contributed by atoms with Gasteiger partial charge >= 0.3 is 0 Å². The van der Waals surface area contributed by atoms with Crippen LogP contribution in [0.1, 0.15) is 26.2 Å². The Hall–Kier alpha value is -0.800. The zero-order valence-electron chi connectivity index (χ0n) is 9.18. The minimum atomic E-state index is 0.0286. The second-order valence-electron chi connectivity index (χ2n) is 3.73. The van der Waals surface area contributed by atoms with Crippen LogP contribution in [0.15, 0.2) is 24.4 Å². The molecule has 1 atom stereocenters. The van der Waals surface area contributed by atoms with Gasteiger partial charge in [0, 0.05) is 18.3 Å². The van der Waals surface area contributed by atoms with Crippen LogP contribution < -0.4 is 16.8 Å². The predicted octanol–water partition coefficient (Wildman–Crippen LogP) is 1.12. The first-order valence-corrected chi connectivity index (χ1v) is 5.10. The van der Waals surface area contributed by atoms with Gasteiger partial charge in [0.15, 0.2) is 0 Å². The lowest BCUT2D eigenvalue weighted by atomic mass is 10.1. The fourth-order valence-electron chi connectivity index (χ4n) is 1.08. The van der Waals surface area contributed by atoms with Crippen molar-refractivity contribution in [1.82, 2.24) is 5.32 Å². The normalized spacial score (nSPS) is 12.2. The zero-order valence-corrected chi connectivity index (χ0v) is 9.18. The Morgan fingerprint density at radius 2 is 2.00 bits per heavy atom. The van der Waals surface area contributed by atoms with E-state index in [0.29, 0.717) is 0 Å². The molecule has 3 heteroatoms. The average molecular weight is 197 g/mol. The molecule has 0 saturated heterocycles. The molecule has 5 N–H and O–H groups in total. The van der Waals surface area contributed by atoms with E-state index in [-0.39, 0.29) is 6.04 Å². The molecule has 0 aliphatic carbocycles. The molecule has 0 saturated carbocycles. The minimum absolute atomic E-state index is 0.0286. The summed E-state index contributed by atoms with van der Waals surface area (Å²) in [5.41, 5.74) is 13.3. The third kappa shape index (κ3) is 6.69. The smallest absolute Gasteiger partial charge is 0.0438 e. The Morgan fingerprint density at radius 3 is 2.50 bits per heavy atom. The van der Waals surface area contributed by atoms with Gasteiger partial charge in [-0.25, -0.2) is 0 Å². The van der Waals surface area contributed by atoms with Gasteiger partial charge in [-0.05, 0) is 26.3 Å². The van der Waals surface area contributed by atoms with Crippen molar-refractivity contribution in [2.45, 2.75) is 32.2 Å². The van der Waals surface area contributed by atoms with Crippen molar-refractivity contribution >= 4 is 0 Å². The van der Waals surface area contributed by atoms with Crippen molar-refractivity contribution in [1.29, 1.82) is 0 Å². The van der Waals surface area contributed by atoms with Gasteiger partial charge in [0.2, 0.25) is 0 Å². The van der Waals surface area contributed by atoms with Gasteiger partial charge in [-0.15, -0.1) is 0 Å². The first-order valence-electron chi connectivity index (χ1n) is 5.10. The fraction of sp³-hybridized carbons (Fsp3) is 0.636. The van der Waals surface area contributed by atoms with Gasteiger partial charge in [-0.3, -0.25) is 0 Å². The van der Waals surface area contributed by atoms with Crippen LogP contribution in [-0.4, -0.2) is 19.1 Å². The van der Waals surface area contributed by atoms with Gasteiger partial charge in [-0.2, -0.15) is 0 Å². The number of rotatable bonds is 8. The molecule has 0 aliphatic heterocycles. The summed E-state index contributed by atoms with van der Waals surface area (Å²) in [4.78, 5) is 0. The molecule has 0 aromatic carbocycles. The van der Waals surface area contributed by atoms with Crippen LogP contribution in [0, 0.1) is 0 Å². The third-order valence-electron chi connectivity index (χ3n) is 2.03. The second-order valence-corrected chi connectivity index (χ2v) is 3.73. The maximum Gasteiger partial charge on any atom is 0.0438 e. The Morgan fingerprint density at radius 1 is 1.36 bits per heavy atom. The van der Waals surface area contributed by atoms with E-state index in [1.54, 1.807) is 0 Å². The van der Waals surface area contributed by atoms with Crippen LogP contribution in [0.4, 0.5) is 0 Å². The molecular weight excluding hydrogens is 174 g/mol. The molecule has 0 bridgehead atoms. The molecule has 0 rings (SSSR count). The standard InChI is InChI=1S/C11H23N3/c1-9(2)8-14-10(3)11(13)6-4-5-7-12/h11,14H,1,3-8,12-13H2,2H3. The number of hydrogen-bond donors (Lipinski definition) is 3. The highest BCUT2D eigenvalue weighted by molar-refractivity contribution is 5.05.